The summed E-state index contributed by atoms with van der Waals surface area (Å²) in [7, 11) is 0. The number of fused-ring (bicyclic) bond motifs is 1. The van der Waals surface area contributed by atoms with Gasteiger partial charge in [-0.3, -0.25) is 4.99 Å². The van der Waals surface area contributed by atoms with Crippen LogP contribution < -0.4 is 0 Å². The molecular weight excluding hydrogens is 579 g/mol. The third-order valence-electron chi connectivity index (χ3n) is 11.7. The predicted molar refractivity (Wildman–Crippen MR) is 205 cm³/mol. The second-order valence-corrected chi connectivity index (χ2v) is 14.7. The summed E-state index contributed by atoms with van der Waals surface area (Å²) in [5.74, 6) is 3.10. The molecule has 0 spiro atoms. The summed E-state index contributed by atoms with van der Waals surface area (Å²) in [6.45, 7) is 0. The Balaban J connectivity index is 0.992. The van der Waals surface area contributed by atoms with Gasteiger partial charge in [0.15, 0.2) is 0 Å². The standard InChI is InChI=1S/C47H49N/c1-3-11-34(12-4-1)36-21-23-37(24-22-36)38-25-27-39(28-26-38)40-29-31-42(32-30-40)46-20-10-17-43(35-13-5-2-6-14-35)33-47(48-46)45-19-9-16-41-15-7-8-18-44(41)45/h1-6,8-9,11,13-14,18-23,27,29-32,34,37-38,41,43H,7,10,12,15-17,24-26,28,33H2/b46-20-,48-47?. The van der Waals surface area contributed by atoms with Crippen LogP contribution in [-0.4, -0.2) is 5.71 Å². The van der Waals surface area contributed by atoms with E-state index in [1.54, 1.807) is 0 Å². The van der Waals surface area contributed by atoms with E-state index in [0.29, 0.717) is 23.7 Å². The lowest BCUT2D eigenvalue weighted by molar-refractivity contribution is 0.366. The molecule has 48 heavy (non-hydrogen) atoms. The number of hydrogen-bond donors (Lipinski definition) is 0. The van der Waals surface area contributed by atoms with Crippen molar-refractivity contribution in [2.45, 2.75) is 76.5 Å². The molecule has 0 amide bonds. The van der Waals surface area contributed by atoms with Gasteiger partial charge in [0, 0.05) is 11.6 Å². The van der Waals surface area contributed by atoms with Gasteiger partial charge in [-0.05, 0) is 133 Å². The molecule has 2 aromatic carbocycles. The van der Waals surface area contributed by atoms with Crippen LogP contribution in [0, 0.1) is 23.7 Å². The topological polar surface area (TPSA) is 12.4 Å². The van der Waals surface area contributed by atoms with Crippen LogP contribution in [0.5, 0.6) is 0 Å². The van der Waals surface area contributed by atoms with Crippen LogP contribution in [0.2, 0.25) is 0 Å². The zero-order valence-corrected chi connectivity index (χ0v) is 28.3. The maximum absolute atomic E-state index is 5.54. The van der Waals surface area contributed by atoms with Gasteiger partial charge in [-0.1, -0.05) is 134 Å². The van der Waals surface area contributed by atoms with Crippen LogP contribution in [0.4, 0.5) is 0 Å². The van der Waals surface area contributed by atoms with E-state index < -0.39 is 0 Å². The Kier molecular flexibility index (Phi) is 9.38. The molecule has 0 bridgehead atoms. The van der Waals surface area contributed by atoms with Gasteiger partial charge in [-0.25, -0.2) is 0 Å². The third kappa shape index (κ3) is 6.84. The number of allylic oxidation sites excluding steroid dienone is 17. The normalized spacial score (nSPS) is 29.6. The van der Waals surface area contributed by atoms with Crippen molar-refractivity contribution in [3.63, 3.8) is 0 Å². The molecule has 8 rings (SSSR count). The summed E-state index contributed by atoms with van der Waals surface area (Å²) in [4.78, 5) is 5.54. The van der Waals surface area contributed by atoms with Gasteiger partial charge in [0.1, 0.15) is 0 Å². The van der Waals surface area contributed by atoms with Crippen LogP contribution in [0.1, 0.15) is 93.2 Å². The first kappa shape index (κ1) is 31.1. The Morgan fingerprint density at radius 3 is 2.29 bits per heavy atom. The smallest absolute Gasteiger partial charge is 0.0665 e. The number of rotatable bonds is 6. The van der Waals surface area contributed by atoms with Crippen molar-refractivity contribution in [1.82, 2.24) is 0 Å². The molecule has 0 saturated carbocycles. The Morgan fingerprint density at radius 1 is 0.625 bits per heavy atom. The molecule has 1 heteroatoms. The Bertz CT molecular complexity index is 1800. The van der Waals surface area contributed by atoms with Gasteiger partial charge in [0.05, 0.1) is 5.70 Å². The molecule has 0 radical (unpaired) electrons. The summed E-state index contributed by atoms with van der Waals surface area (Å²) < 4.78 is 0. The van der Waals surface area contributed by atoms with E-state index in [-0.39, 0.29) is 0 Å². The van der Waals surface area contributed by atoms with Crippen molar-refractivity contribution >= 4 is 17.0 Å². The average molecular weight is 628 g/mol. The molecule has 0 saturated heterocycles. The molecule has 1 aliphatic heterocycles. The highest BCUT2D eigenvalue weighted by atomic mass is 14.8. The second-order valence-electron chi connectivity index (χ2n) is 14.7. The average Bonchev–Trinajstić information content (AvgIpc) is 3.16. The van der Waals surface area contributed by atoms with Crippen molar-refractivity contribution in [3.05, 3.63) is 167 Å². The van der Waals surface area contributed by atoms with Crippen LogP contribution >= 0.6 is 0 Å². The second kappa shape index (κ2) is 14.5. The summed E-state index contributed by atoms with van der Waals surface area (Å²) in [6.07, 6.45) is 43.7. The molecule has 5 aliphatic carbocycles. The molecule has 0 N–H and O–H groups in total. The van der Waals surface area contributed by atoms with Gasteiger partial charge in [-0.2, -0.15) is 0 Å². The number of aliphatic imine (C=N–C) groups is 1. The predicted octanol–water partition coefficient (Wildman–Crippen LogP) is 12.5. The van der Waals surface area contributed by atoms with E-state index in [1.807, 2.05) is 0 Å². The first-order valence-electron chi connectivity index (χ1n) is 18.7. The fraction of sp³-hybridized carbons (Fsp3) is 0.340. The summed E-state index contributed by atoms with van der Waals surface area (Å²) >= 11 is 0. The van der Waals surface area contributed by atoms with Crippen molar-refractivity contribution < 1.29 is 0 Å². The minimum Gasteiger partial charge on any atom is -0.253 e. The lowest BCUT2D eigenvalue weighted by Gasteiger charge is -2.30. The van der Waals surface area contributed by atoms with Gasteiger partial charge >= 0.3 is 0 Å². The quantitative estimate of drug-likeness (QED) is 0.302. The van der Waals surface area contributed by atoms with Crippen LogP contribution in [-0.2, 0) is 0 Å². The zero-order valence-electron chi connectivity index (χ0n) is 28.3. The van der Waals surface area contributed by atoms with Gasteiger partial charge in [-0.15, -0.1) is 0 Å². The number of nitrogens with zero attached hydrogens (tertiary/aromatic N) is 1. The fourth-order valence-corrected chi connectivity index (χ4v) is 8.89. The number of benzene rings is 2. The number of hydrogen-bond acceptors (Lipinski definition) is 1. The van der Waals surface area contributed by atoms with Crippen LogP contribution in [0.15, 0.2) is 155 Å². The summed E-state index contributed by atoms with van der Waals surface area (Å²) in [5, 5.41) is 0. The van der Waals surface area contributed by atoms with Crippen molar-refractivity contribution in [2.75, 3.05) is 0 Å². The highest BCUT2D eigenvalue weighted by molar-refractivity contribution is 6.07. The molecule has 5 unspecified atom stereocenters. The Labute approximate surface area is 288 Å². The van der Waals surface area contributed by atoms with Crippen molar-refractivity contribution in [2.24, 2.45) is 28.7 Å². The molecule has 0 fully saturated rings. The van der Waals surface area contributed by atoms with E-state index in [0.717, 1.165) is 43.7 Å². The molecule has 1 heterocycles. The zero-order chi connectivity index (χ0) is 32.1. The van der Waals surface area contributed by atoms with Gasteiger partial charge in [0.25, 0.3) is 0 Å². The summed E-state index contributed by atoms with van der Waals surface area (Å²) in [5.41, 5.74) is 12.4. The van der Waals surface area contributed by atoms with Gasteiger partial charge in [0.2, 0.25) is 0 Å². The van der Waals surface area contributed by atoms with Gasteiger partial charge < -0.3 is 0 Å². The monoisotopic (exact) mass is 627 g/mol. The minimum atomic E-state index is 0.482. The molecule has 1 nitrogen and oxygen atoms in total. The molecule has 242 valence electrons. The van der Waals surface area contributed by atoms with Crippen LogP contribution in [0.3, 0.4) is 0 Å². The molecule has 6 aliphatic rings. The first-order chi connectivity index (χ1) is 23.8. The first-order valence-corrected chi connectivity index (χ1v) is 18.7. The van der Waals surface area contributed by atoms with E-state index in [4.69, 9.17) is 4.99 Å². The lowest BCUT2D eigenvalue weighted by atomic mass is 9.75. The van der Waals surface area contributed by atoms with E-state index >= 15 is 0 Å². The highest BCUT2D eigenvalue weighted by Crippen LogP contribution is 2.41. The fourth-order valence-electron chi connectivity index (χ4n) is 8.89. The van der Waals surface area contributed by atoms with Crippen molar-refractivity contribution in [1.29, 1.82) is 0 Å². The molecular formula is C47H49N. The Morgan fingerprint density at radius 2 is 1.50 bits per heavy atom. The Hall–Kier alpha value is -4.23. The van der Waals surface area contributed by atoms with Crippen LogP contribution in [0.25, 0.3) is 11.3 Å². The third-order valence-corrected chi connectivity index (χ3v) is 11.7. The highest BCUT2D eigenvalue weighted by Gasteiger charge is 2.27. The maximum atomic E-state index is 5.54. The lowest BCUT2D eigenvalue weighted by Crippen LogP contribution is -2.18. The van der Waals surface area contributed by atoms with Crippen molar-refractivity contribution in [3.8, 4) is 0 Å². The molecule has 2 aromatic rings. The molecule has 5 atom stereocenters. The minimum absolute atomic E-state index is 0.482. The maximum Gasteiger partial charge on any atom is 0.0665 e. The summed E-state index contributed by atoms with van der Waals surface area (Å²) in [6, 6.07) is 20.5. The SMILES string of the molecule is C1=CCC(C2=CCC(C3CC=C(c4ccc(/C5=C/CCC(c6ccccc6)CC(C6=C7C=CCCC7CC=C6)=N5)cc4)CC3)C=C2)C=C1. The molecule has 0 aromatic heterocycles. The van der Waals surface area contributed by atoms with E-state index in [9.17, 15) is 0 Å². The largest absolute Gasteiger partial charge is 0.253 e. The van der Waals surface area contributed by atoms with E-state index in [1.165, 1.54) is 83.2 Å². The van der Waals surface area contributed by atoms with E-state index in [2.05, 4.69) is 134 Å².